The van der Waals surface area contributed by atoms with Crippen LogP contribution < -0.4 is 4.90 Å². The molecule has 0 amide bonds. The molecule has 0 saturated heterocycles. The second kappa shape index (κ2) is 15.1. The lowest BCUT2D eigenvalue weighted by Gasteiger charge is -2.23. The van der Waals surface area contributed by atoms with Crippen LogP contribution >= 0.6 is 0 Å². The van der Waals surface area contributed by atoms with Crippen molar-refractivity contribution in [3.05, 3.63) is 236 Å². The van der Waals surface area contributed by atoms with E-state index in [0.717, 1.165) is 50.0 Å². The smallest absolute Gasteiger partial charge is 0.136 e. The maximum atomic E-state index is 6.34. The van der Waals surface area contributed by atoms with Gasteiger partial charge in [0.25, 0.3) is 0 Å². The number of rotatable bonds is 10. The predicted octanol–water partition coefficient (Wildman–Crippen LogP) is 15.1. The SMILES string of the molecule is C=C/C=C\C(=C\c1ccc2oc3cc4ccccc4cc3c2c1)N(/C=C/C=C(\C=C)c1ccc(-c2ccccc2)cc1)c1ccc2c(ccc3ccccc32)c1. The zero-order valence-electron chi connectivity index (χ0n) is 31.0. The molecule has 2 nitrogen and oxygen atoms in total. The Kier molecular flexibility index (Phi) is 9.29. The second-order valence-corrected chi connectivity index (χ2v) is 13.9. The lowest BCUT2D eigenvalue weighted by molar-refractivity contribution is 0.669. The molecule has 0 unspecified atom stereocenters. The van der Waals surface area contributed by atoms with Crippen LogP contribution in [0.25, 0.3) is 77.0 Å². The van der Waals surface area contributed by atoms with E-state index in [1.807, 2.05) is 24.3 Å². The molecule has 0 N–H and O–H groups in total. The summed E-state index contributed by atoms with van der Waals surface area (Å²) in [5.41, 5.74) is 9.33. The maximum absolute atomic E-state index is 6.34. The molecule has 0 fully saturated rings. The number of anilines is 1. The van der Waals surface area contributed by atoms with E-state index in [1.54, 1.807) is 0 Å². The molecule has 0 saturated carbocycles. The molecule has 0 atom stereocenters. The molecule has 0 aliphatic rings. The van der Waals surface area contributed by atoms with Gasteiger partial charge in [0.2, 0.25) is 0 Å². The molecule has 56 heavy (non-hydrogen) atoms. The fraction of sp³-hybridized carbons (Fsp3) is 0. The molecule has 0 aliphatic heterocycles. The highest BCUT2D eigenvalue weighted by molar-refractivity contribution is 6.11. The minimum atomic E-state index is 0.869. The number of furan rings is 1. The summed E-state index contributed by atoms with van der Waals surface area (Å²) in [6.07, 6.45) is 16.4. The minimum Gasteiger partial charge on any atom is -0.456 e. The van der Waals surface area contributed by atoms with E-state index in [9.17, 15) is 0 Å². The van der Waals surface area contributed by atoms with Crippen molar-refractivity contribution in [1.29, 1.82) is 0 Å². The number of allylic oxidation sites excluding steroid dienone is 7. The van der Waals surface area contributed by atoms with E-state index in [2.05, 4.69) is 206 Å². The Morgan fingerprint density at radius 2 is 1.21 bits per heavy atom. The lowest BCUT2D eigenvalue weighted by Crippen LogP contribution is -2.14. The quantitative estimate of drug-likeness (QED) is 0.103. The Balaban J connectivity index is 1.15. The molecule has 0 spiro atoms. The van der Waals surface area contributed by atoms with E-state index in [4.69, 9.17) is 4.42 Å². The Bertz CT molecular complexity index is 3050. The molecular formula is C54H39NO. The summed E-state index contributed by atoms with van der Waals surface area (Å²) >= 11 is 0. The van der Waals surface area contributed by atoms with Crippen LogP contribution in [0.3, 0.4) is 0 Å². The third kappa shape index (κ3) is 6.77. The monoisotopic (exact) mass is 717 g/mol. The van der Waals surface area contributed by atoms with Crippen LogP contribution in [0.2, 0.25) is 0 Å². The molecule has 9 rings (SSSR count). The Morgan fingerprint density at radius 1 is 0.518 bits per heavy atom. The molecular weight excluding hydrogens is 679 g/mol. The van der Waals surface area contributed by atoms with E-state index < -0.39 is 0 Å². The van der Waals surface area contributed by atoms with Crippen molar-refractivity contribution >= 4 is 71.6 Å². The van der Waals surface area contributed by atoms with Crippen molar-refractivity contribution in [2.24, 2.45) is 0 Å². The lowest BCUT2D eigenvalue weighted by atomic mass is 10.00. The third-order valence-electron chi connectivity index (χ3n) is 10.4. The second-order valence-electron chi connectivity index (χ2n) is 13.9. The average molecular weight is 718 g/mol. The van der Waals surface area contributed by atoms with Crippen LogP contribution in [-0.4, -0.2) is 0 Å². The van der Waals surface area contributed by atoms with Gasteiger partial charge in [-0.05, 0) is 115 Å². The topological polar surface area (TPSA) is 16.4 Å². The van der Waals surface area contributed by atoms with Gasteiger partial charge in [-0.2, -0.15) is 0 Å². The summed E-state index contributed by atoms with van der Waals surface area (Å²) in [6, 6.07) is 58.0. The number of hydrogen-bond acceptors (Lipinski definition) is 2. The summed E-state index contributed by atoms with van der Waals surface area (Å²) in [7, 11) is 0. The fourth-order valence-electron chi connectivity index (χ4n) is 7.58. The Labute approximate surface area is 327 Å². The number of fused-ring (bicyclic) bond motifs is 7. The van der Waals surface area contributed by atoms with Crippen molar-refractivity contribution in [2.45, 2.75) is 0 Å². The van der Waals surface area contributed by atoms with Gasteiger partial charge in [0.05, 0.1) is 0 Å². The minimum absolute atomic E-state index is 0.869. The highest BCUT2D eigenvalue weighted by Gasteiger charge is 2.13. The summed E-state index contributed by atoms with van der Waals surface area (Å²) in [5.74, 6) is 0. The molecule has 1 aromatic heterocycles. The molecule has 0 bridgehead atoms. The number of nitrogens with zero attached hydrogens (tertiary/aromatic N) is 1. The molecule has 0 radical (unpaired) electrons. The molecule has 266 valence electrons. The van der Waals surface area contributed by atoms with Crippen LogP contribution in [-0.2, 0) is 0 Å². The Hall–Kier alpha value is -7.42. The van der Waals surface area contributed by atoms with Gasteiger partial charge in [-0.3, -0.25) is 0 Å². The first-order valence-corrected chi connectivity index (χ1v) is 18.9. The van der Waals surface area contributed by atoms with Gasteiger partial charge in [0.15, 0.2) is 0 Å². The first kappa shape index (κ1) is 34.4. The summed E-state index contributed by atoms with van der Waals surface area (Å²) in [4.78, 5) is 2.23. The van der Waals surface area contributed by atoms with E-state index in [1.165, 1.54) is 43.4 Å². The van der Waals surface area contributed by atoms with Crippen molar-refractivity contribution in [3.8, 4) is 11.1 Å². The van der Waals surface area contributed by atoms with Crippen LogP contribution in [0.1, 0.15) is 11.1 Å². The largest absolute Gasteiger partial charge is 0.456 e. The first-order chi connectivity index (χ1) is 27.6. The Morgan fingerprint density at radius 3 is 2.02 bits per heavy atom. The van der Waals surface area contributed by atoms with Gasteiger partial charge in [-0.15, -0.1) is 0 Å². The van der Waals surface area contributed by atoms with Gasteiger partial charge in [-0.25, -0.2) is 0 Å². The average Bonchev–Trinajstić information content (AvgIpc) is 3.61. The van der Waals surface area contributed by atoms with Crippen molar-refractivity contribution < 1.29 is 4.42 Å². The molecule has 9 aromatic rings. The predicted molar refractivity (Wildman–Crippen MR) is 242 cm³/mol. The summed E-state index contributed by atoms with van der Waals surface area (Å²) in [5, 5.41) is 9.42. The summed E-state index contributed by atoms with van der Waals surface area (Å²) in [6.45, 7) is 8.17. The number of hydrogen-bond donors (Lipinski definition) is 0. The van der Waals surface area contributed by atoms with Crippen LogP contribution in [0.5, 0.6) is 0 Å². The third-order valence-corrected chi connectivity index (χ3v) is 10.4. The zero-order chi connectivity index (χ0) is 37.8. The van der Waals surface area contributed by atoms with Crippen molar-refractivity contribution in [2.75, 3.05) is 4.90 Å². The zero-order valence-corrected chi connectivity index (χ0v) is 31.0. The van der Waals surface area contributed by atoms with Gasteiger partial charge >= 0.3 is 0 Å². The van der Waals surface area contributed by atoms with Crippen LogP contribution in [0.15, 0.2) is 230 Å². The van der Waals surface area contributed by atoms with E-state index in [0.29, 0.717) is 0 Å². The van der Waals surface area contributed by atoms with Gasteiger partial charge in [-0.1, -0.05) is 165 Å². The first-order valence-electron chi connectivity index (χ1n) is 18.9. The van der Waals surface area contributed by atoms with Crippen LogP contribution in [0, 0.1) is 0 Å². The van der Waals surface area contributed by atoms with E-state index in [-0.39, 0.29) is 0 Å². The van der Waals surface area contributed by atoms with Gasteiger partial charge in [0, 0.05) is 28.4 Å². The van der Waals surface area contributed by atoms with Gasteiger partial charge < -0.3 is 9.32 Å². The standard InChI is InChI=1S/C54H39NO/c1-3-5-20-47(33-38-22-31-53-51(34-38)52-36-44-17-9-10-18-45(44)37-54(52)56-53)55(48-29-30-50-46(35-48)28-27-43-16-11-12-21-49(43)50)32-13-19-39(4-2)41-23-25-42(26-24-41)40-14-7-6-8-15-40/h3-37H,1-2H2/b20-5-,32-13+,39-19+,47-33-. The van der Waals surface area contributed by atoms with Crippen LogP contribution in [0.4, 0.5) is 5.69 Å². The maximum Gasteiger partial charge on any atom is 0.136 e. The summed E-state index contributed by atoms with van der Waals surface area (Å²) < 4.78 is 6.34. The molecule has 1 heterocycles. The molecule has 2 heteroatoms. The fourth-order valence-corrected chi connectivity index (χ4v) is 7.58. The highest BCUT2D eigenvalue weighted by Crippen LogP contribution is 2.35. The van der Waals surface area contributed by atoms with Crippen molar-refractivity contribution in [1.82, 2.24) is 0 Å². The molecule has 8 aromatic carbocycles. The highest BCUT2D eigenvalue weighted by atomic mass is 16.3. The number of benzene rings is 8. The molecule has 0 aliphatic carbocycles. The normalized spacial score (nSPS) is 12.5. The van der Waals surface area contributed by atoms with Crippen molar-refractivity contribution in [3.63, 3.8) is 0 Å². The van der Waals surface area contributed by atoms with Gasteiger partial charge in [0.1, 0.15) is 11.2 Å². The van der Waals surface area contributed by atoms with E-state index >= 15 is 0 Å².